The second-order valence-electron chi connectivity index (χ2n) is 3.18. The highest BCUT2D eigenvalue weighted by Crippen LogP contribution is 2.08. The lowest BCUT2D eigenvalue weighted by Gasteiger charge is -1.99. The molecule has 0 spiro atoms. The molecular weight excluding hydrogens is 158 g/mol. The van der Waals surface area contributed by atoms with E-state index in [9.17, 15) is 0 Å². The van der Waals surface area contributed by atoms with Gasteiger partial charge >= 0.3 is 0 Å². The van der Waals surface area contributed by atoms with E-state index in [2.05, 4.69) is 19.1 Å². The molecule has 0 saturated heterocycles. The number of rotatable bonds is 4. The summed E-state index contributed by atoms with van der Waals surface area (Å²) in [6.45, 7) is 2.19. The summed E-state index contributed by atoms with van der Waals surface area (Å²) in [5.41, 5.74) is 1.90. The van der Waals surface area contributed by atoms with E-state index in [0.717, 1.165) is 6.42 Å². The Bertz CT molecular complexity index is 296. The number of nitriles is 1. The molecule has 0 saturated carbocycles. The SMILES string of the molecule is CCCCCc1cc[c]c(C#N)c1. The molecule has 0 N–H and O–H groups in total. The van der Waals surface area contributed by atoms with E-state index in [1.165, 1.54) is 24.8 Å². The van der Waals surface area contributed by atoms with Crippen molar-refractivity contribution in [2.24, 2.45) is 0 Å². The molecule has 13 heavy (non-hydrogen) atoms. The Morgan fingerprint density at radius 1 is 1.46 bits per heavy atom. The van der Waals surface area contributed by atoms with Crippen molar-refractivity contribution in [3.8, 4) is 6.07 Å². The molecule has 1 radical (unpaired) electrons. The summed E-state index contributed by atoms with van der Waals surface area (Å²) in [4.78, 5) is 0. The zero-order valence-corrected chi connectivity index (χ0v) is 8.01. The van der Waals surface area contributed by atoms with Crippen LogP contribution in [-0.4, -0.2) is 0 Å². The highest BCUT2D eigenvalue weighted by molar-refractivity contribution is 5.31. The first-order valence-electron chi connectivity index (χ1n) is 4.77. The van der Waals surface area contributed by atoms with Gasteiger partial charge in [-0.15, -0.1) is 0 Å². The van der Waals surface area contributed by atoms with Crippen molar-refractivity contribution in [2.45, 2.75) is 32.6 Å². The Morgan fingerprint density at radius 3 is 3.00 bits per heavy atom. The van der Waals surface area contributed by atoms with E-state index in [1.807, 2.05) is 18.2 Å². The molecule has 1 heteroatoms. The largest absolute Gasteiger partial charge is 0.192 e. The topological polar surface area (TPSA) is 23.8 Å². The summed E-state index contributed by atoms with van der Waals surface area (Å²) in [6.07, 6.45) is 4.80. The fraction of sp³-hybridized carbons (Fsp3) is 0.417. The third-order valence-corrected chi connectivity index (χ3v) is 2.06. The minimum absolute atomic E-state index is 0.647. The van der Waals surface area contributed by atoms with Crippen LogP contribution in [0.25, 0.3) is 0 Å². The van der Waals surface area contributed by atoms with Crippen molar-refractivity contribution in [1.29, 1.82) is 5.26 Å². The van der Waals surface area contributed by atoms with Crippen LogP contribution in [0.1, 0.15) is 37.3 Å². The number of hydrogen-bond acceptors (Lipinski definition) is 1. The van der Waals surface area contributed by atoms with Gasteiger partial charge < -0.3 is 0 Å². The van der Waals surface area contributed by atoms with E-state index < -0.39 is 0 Å². The number of aryl methyl sites for hydroxylation is 1. The van der Waals surface area contributed by atoms with Gasteiger partial charge in [0.2, 0.25) is 0 Å². The number of benzene rings is 1. The molecule has 0 unspecified atom stereocenters. The molecule has 0 fully saturated rings. The maximum absolute atomic E-state index is 8.65. The zero-order valence-electron chi connectivity index (χ0n) is 8.01. The monoisotopic (exact) mass is 172 g/mol. The van der Waals surface area contributed by atoms with Crippen LogP contribution in [0.2, 0.25) is 0 Å². The van der Waals surface area contributed by atoms with Gasteiger partial charge in [-0.3, -0.25) is 0 Å². The number of nitrogens with zero attached hydrogens (tertiary/aromatic N) is 1. The van der Waals surface area contributed by atoms with Crippen LogP contribution in [0, 0.1) is 17.4 Å². The Kier molecular flexibility index (Phi) is 4.05. The van der Waals surface area contributed by atoms with E-state index in [-0.39, 0.29) is 0 Å². The smallest absolute Gasteiger partial charge is 0.0998 e. The predicted molar refractivity (Wildman–Crippen MR) is 53.2 cm³/mol. The van der Waals surface area contributed by atoms with Crippen LogP contribution < -0.4 is 0 Å². The van der Waals surface area contributed by atoms with Crippen LogP contribution in [-0.2, 0) is 6.42 Å². The van der Waals surface area contributed by atoms with Crippen LogP contribution in [0.4, 0.5) is 0 Å². The second kappa shape index (κ2) is 5.37. The first kappa shape index (κ1) is 9.80. The average molecular weight is 172 g/mol. The molecule has 0 aliphatic carbocycles. The van der Waals surface area contributed by atoms with E-state index in [0.29, 0.717) is 5.56 Å². The summed E-state index contributed by atoms with van der Waals surface area (Å²) in [6, 6.07) is 10.8. The van der Waals surface area contributed by atoms with Crippen LogP contribution in [0.15, 0.2) is 18.2 Å². The van der Waals surface area contributed by atoms with Gasteiger partial charge in [0.25, 0.3) is 0 Å². The maximum Gasteiger partial charge on any atom is 0.0998 e. The highest BCUT2D eigenvalue weighted by Gasteiger charge is 1.94. The van der Waals surface area contributed by atoms with Crippen LogP contribution >= 0.6 is 0 Å². The van der Waals surface area contributed by atoms with Gasteiger partial charge in [0, 0.05) is 6.07 Å². The van der Waals surface area contributed by atoms with Crippen molar-refractivity contribution in [2.75, 3.05) is 0 Å². The molecular formula is C12H14N. The predicted octanol–water partition coefficient (Wildman–Crippen LogP) is 3.09. The van der Waals surface area contributed by atoms with Gasteiger partial charge in [-0.1, -0.05) is 31.9 Å². The summed E-state index contributed by atoms with van der Waals surface area (Å²) < 4.78 is 0. The zero-order chi connectivity index (χ0) is 9.52. The lowest BCUT2D eigenvalue weighted by atomic mass is 10.1. The number of unbranched alkanes of at least 4 members (excludes halogenated alkanes) is 2. The summed E-state index contributed by atoms with van der Waals surface area (Å²) in [7, 11) is 0. The van der Waals surface area contributed by atoms with Gasteiger partial charge in [0.1, 0.15) is 0 Å². The summed E-state index contributed by atoms with van der Waals surface area (Å²) >= 11 is 0. The molecule has 0 amide bonds. The van der Waals surface area contributed by atoms with E-state index in [1.54, 1.807) is 0 Å². The van der Waals surface area contributed by atoms with Crippen molar-refractivity contribution in [3.05, 3.63) is 35.4 Å². The third kappa shape index (κ3) is 3.29. The van der Waals surface area contributed by atoms with Gasteiger partial charge in [-0.2, -0.15) is 5.26 Å². The third-order valence-electron chi connectivity index (χ3n) is 2.06. The molecule has 0 bridgehead atoms. The first-order chi connectivity index (χ1) is 6.36. The lowest BCUT2D eigenvalue weighted by Crippen LogP contribution is -1.86. The lowest BCUT2D eigenvalue weighted by molar-refractivity contribution is 0.717. The van der Waals surface area contributed by atoms with Crippen LogP contribution in [0.3, 0.4) is 0 Å². The van der Waals surface area contributed by atoms with E-state index in [4.69, 9.17) is 5.26 Å². The molecule has 1 aromatic rings. The second-order valence-corrected chi connectivity index (χ2v) is 3.18. The van der Waals surface area contributed by atoms with Crippen molar-refractivity contribution >= 4 is 0 Å². The fourth-order valence-electron chi connectivity index (χ4n) is 1.31. The van der Waals surface area contributed by atoms with Gasteiger partial charge in [0.05, 0.1) is 11.6 Å². The first-order valence-corrected chi connectivity index (χ1v) is 4.77. The van der Waals surface area contributed by atoms with Crippen molar-refractivity contribution < 1.29 is 0 Å². The van der Waals surface area contributed by atoms with E-state index >= 15 is 0 Å². The highest BCUT2D eigenvalue weighted by atomic mass is 14.2. The average Bonchev–Trinajstić information content (AvgIpc) is 2.19. The molecule has 1 aromatic carbocycles. The molecule has 1 nitrogen and oxygen atoms in total. The summed E-state index contributed by atoms with van der Waals surface area (Å²) in [5.74, 6) is 0. The molecule has 0 aliphatic rings. The fourth-order valence-corrected chi connectivity index (χ4v) is 1.31. The quantitative estimate of drug-likeness (QED) is 0.640. The maximum atomic E-state index is 8.65. The standard InChI is InChI=1S/C12H14N/c1-2-3-4-6-11-7-5-8-12(9-11)10-13/h5,7,9H,2-4,6H2,1H3. The van der Waals surface area contributed by atoms with Gasteiger partial charge in [0.15, 0.2) is 0 Å². The van der Waals surface area contributed by atoms with Crippen molar-refractivity contribution in [1.82, 2.24) is 0 Å². The minimum atomic E-state index is 0.647. The Hall–Kier alpha value is -1.29. The van der Waals surface area contributed by atoms with Gasteiger partial charge in [-0.05, 0) is 24.5 Å². The minimum Gasteiger partial charge on any atom is -0.192 e. The Labute approximate surface area is 80.0 Å². The molecule has 0 heterocycles. The van der Waals surface area contributed by atoms with Gasteiger partial charge in [-0.25, -0.2) is 0 Å². The van der Waals surface area contributed by atoms with Crippen LogP contribution in [0.5, 0.6) is 0 Å². The molecule has 1 rings (SSSR count). The number of hydrogen-bond donors (Lipinski definition) is 0. The van der Waals surface area contributed by atoms with Crippen molar-refractivity contribution in [3.63, 3.8) is 0 Å². The summed E-state index contributed by atoms with van der Waals surface area (Å²) in [5, 5.41) is 8.65. The molecule has 67 valence electrons. The Morgan fingerprint density at radius 2 is 2.31 bits per heavy atom. The molecule has 0 aromatic heterocycles. The molecule has 0 aliphatic heterocycles. The Balaban J connectivity index is 2.52. The normalized spacial score (nSPS) is 9.54. The molecule has 0 atom stereocenters.